The molecule has 2 N–H and O–H groups in total. The van der Waals surface area contributed by atoms with Gasteiger partial charge in [-0.25, -0.2) is 0 Å². The molecule has 1 aromatic carbocycles. The van der Waals surface area contributed by atoms with Crippen molar-refractivity contribution in [3.8, 4) is 0 Å². The summed E-state index contributed by atoms with van der Waals surface area (Å²) in [6, 6.07) is 10.3. The predicted octanol–water partition coefficient (Wildman–Crippen LogP) is 0.692. The molecule has 1 aliphatic carbocycles. The molecule has 1 amide bonds. The summed E-state index contributed by atoms with van der Waals surface area (Å²) in [6.07, 6.45) is 2.84. The number of carbonyl (C=O) groups is 1. The molecule has 5 nitrogen and oxygen atoms in total. The zero-order valence-electron chi connectivity index (χ0n) is 13.2. The van der Waals surface area contributed by atoms with E-state index in [1.165, 1.54) is 10.5 Å². The normalized spacial score (nSPS) is 31.7. The van der Waals surface area contributed by atoms with Crippen LogP contribution >= 0.6 is 0 Å². The number of nitrogens with zero attached hydrogens (tertiary/aromatic N) is 1. The number of aliphatic hydroxyl groups is 2. The van der Waals surface area contributed by atoms with Gasteiger partial charge in [0.05, 0.1) is 12.7 Å². The lowest BCUT2D eigenvalue weighted by atomic mass is 9.85. The van der Waals surface area contributed by atoms with E-state index in [1.54, 1.807) is 14.1 Å². The van der Waals surface area contributed by atoms with Crippen LogP contribution < -0.4 is 0 Å². The van der Waals surface area contributed by atoms with Crippen LogP contribution in [0, 0.1) is 11.8 Å². The SMILES string of the molecule is CN(C)C=O.OCC1C(Cc2ccccc2)CC2OC21CO. The van der Waals surface area contributed by atoms with Crippen LogP contribution in [0.15, 0.2) is 30.3 Å². The molecule has 1 saturated heterocycles. The van der Waals surface area contributed by atoms with Crippen LogP contribution in [0.1, 0.15) is 12.0 Å². The van der Waals surface area contributed by atoms with Crippen LogP contribution in [-0.4, -0.2) is 60.5 Å². The minimum Gasteiger partial charge on any atom is -0.396 e. The maximum absolute atomic E-state index is 9.52. The molecule has 0 bridgehead atoms. The zero-order valence-corrected chi connectivity index (χ0v) is 13.2. The van der Waals surface area contributed by atoms with Crippen LogP contribution in [0.4, 0.5) is 0 Å². The summed E-state index contributed by atoms with van der Waals surface area (Å²) in [5, 5.41) is 18.9. The molecule has 5 heteroatoms. The summed E-state index contributed by atoms with van der Waals surface area (Å²) in [4.78, 5) is 10.9. The second-order valence-electron chi connectivity index (χ2n) is 6.26. The molecule has 4 unspecified atom stereocenters. The number of aliphatic hydroxyl groups excluding tert-OH is 2. The van der Waals surface area contributed by atoms with Gasteiger partial charge < -0.3 is 19.8 Å². The molecule has 1 aliphatic heterocycles. The van der Waals surface area contributed by atoms with E-state index in [2.05, 4.69) is 12.1 Å². The number of hydrogen-bond donors (Lipinski definition) is 2. The Morgan fingerprint density at radius 1 is 1.32 bits per heavy atom. The second kappa shape index (κ2) is 7.22. The third-order valence-corrected chi connectivity index (χ3v) is 4.56. The van der Waals surface area contributed by atoms with Gasteiger partial charge in [0, 0.05) is 26.6 Å². The highest BCUT2D eigenvalue weighted by atomic mass is 16.6. The number of rotatable bonds is 5. The van der Waals surface area contributed by atoms with Gasteiger partial charge in [0.15, 0.2) is 0 Å². The number of hydrogen-bond acceptors (Lipinski definition) is 4. The fourth-order valence-electron chi connectivity index (χ4n) is 3.35. The number of ether oxygens (including phenoxy) is 1. The molecule has 0 aromatic heterocycles. The lowest BCUT2D eigenvalue weighted by Crippen LogP contribution is -2.33. The summed E-state index contributed by atoms with van der Waals surface area (Å²) >= 11 is 0. The Kier molecular flexibility index (Phi) is 5.56. The van der Waals surface area contributed by atoms with Crippen molar-refractivity contribution in [1.29, 1.82) is 0 Å². The predicted molar refractivity (Wildman–Crippen MR) is 83.3 cm³/mol. The van der Waals surface area contributed by atoms with Crippen molar-refractivity contribution >= 4 is 6.41 Å². The van der Waals surface area contributed by atoms with Gasteiger partial charge in [-0.05, 0) is 24.3 Å². The Labute approximate surface area is 131 Å². The molecule has 0 radical (unpaired) electrons. The van der Waals surface area contributed by atoms with Crippen molar-refractivity contribution in [2.45, 2.75) is 24.5 Å². The fourth-order valence-corrected chi connectivity index (χ4v) is 3.35. The molecule has 2 fully saturated rings. The molecule has 4 atom stereocenters. The van der Waals surface area contributed by atoms with Gasteiger partial charge in [0.1, 0.15) is 5.60 Å². The second-order valence-corrected chi connectivity index (χ2v) is 6.26. The molecule has 22 heavy (non-hydrogen) atoms. The first kappa shape index (κ1) is 16.9. The lowest BCUT2D eigenvalue weighted by Gasteiger charge is -2.24. The van der Waals surface area contributed by atoms with Gasteiger partial charge in [-0.15, -0.1) is 0 Å². The molecular formula is C17H25NO4. The van der Waals surface area contributed by atoms with Crippen molar-refractivity contribution < 1.29 is 19.7 Å². The summed E-state index contributed by atoms with van der Waals surface area (Å²) in [6.45, 7) is 0.142. The van der Waals surface area contributed by atoms with Crippen LogP contribution in [0.25, 0.3) is 0 Å². The fraction of sp³-hybridized carbons (Fsp3) is 0.588. The lowest BCUT2D eigenvalue weighted by molar-refractivity contribution is -0.115. The van der Waals surface area contributed by atoms with E-state index in [1.807, 2.05) is 18.2 Å². The Balaban J connectivity index is 0.000000309. The van der Waals surface area contributed by atoms with E-state index < -0.39 is 5.60 Å². The summed E-state index contributed by atoms with van der Waals surface area (Å²) in [5.74, 6) is 0.506. The summed E-state index contributed by atoms with van der Waals surface area (Å²) < 4.78 is 5.55. The number of carbonyl (C=O) groups excluding carboxylic acids is 1. The minimum atomic E-state index is -0.422. The van der Waals surface area contributed by atoms with Crippen molar-refractivity contribution in [3.05, 3.63) is 35.9 Å². The third kappa shape index (κ3) is 3.48. The van der Waals surface area contributed by atoms with Gasteiger partial charge >= 0.3 is 0 Å². The van der Waals surface area contributed by atoms with Gasteiger partial charge in [-0.1, -0.05) is 30.3 Å². The molecule has 122 valence electrons. The van der Waals surface area contributed by atoms with Crippen molar-refractivity contribution in [3.63, 3.8) is 0 Å². The highest BCUT2D eigenvalue weighted by Gasteiger charge is 2.67. The Morgan fingerprint density at radius 3 is 2.45 bits per heavy atom. The maximum Gasteiger partial charge on any atom is 0.209 e. The average Bonchev–Trinajstić information content (AvgIpc) is 3.16. The van der Waals surface area contributed by atoms with Gasteiger partial charge in [0.25, 0.3) is 0 Å². The average molecular weight is 307 g/mol. The topological polar surface area (TPSA) is 73.3 Å². The van der Waals surface area contributed by atoms with Gasteiger partial charge in [0.2, 0.25) is 6.41 Å². The Morgan fingerprint density at radius 2 is 1.95 bits per heavy atom. The molecule has 1 saturated carbocycles. The molecule has 3 rings (SSSR count). The number of epoxide rings is 1. The number of fused-ring (bicyclic) bond motifs is 1. The minimum absolute atomic E-state index is 0.0359. The smallest absolute Gasteiger partial charge is 0.209 e. The monoisotopic (exact) mass is 307 g/mol. The van der Waals surface area contributed by atoms with E-state index in [0.717, 1.165) is 19.3 Å². The van der Waals surface area contributed by atoms with E-state index in [0.29, 0.717) is 5.92 Å². The van der Waals surface area contributed by atoms with E-state index in [9.17, 15) is 15.0 Å². The quantitative estimate of drug-likeness (QED) is 0.620. The van der Waals surface area contributed by atoms with Crippen molar-refractivity contribution in [2.24, 2.45) is 11.8 Å². The van der Waals surface area contributed by atoms with E-state index >= 15 is 0 Å². The highest BCUT2D eigenvalue weighted by Crippen LogP contribution is 2.56. The van der Waals surface area contributed by atoms with Gasteiger partial charge in [-0.3, -0.25) is 4.79 Å². The van der Waals surface area contributed by atoms with Gasteiger partial charge in [-0.2, -0.15) is 0 Å². The van der Waals surface area contributed by atoms with E-state index in [4.69, 9.17) is 4.74 Å². The van der Waals surface area contributed by atoms with Crippen molar-refractivity contribution in [1.82, 2.24) is 4.90 Å². The van der Waals surface area contributed by atoms with E-state index in [-0.39, 0.29) is 25.2 Å². The van der Waals surface area contributed by atoms with Crippen LogP contribution in [0.3, 0.4) is 0 Å². The number of benzene rings is 1. The zero-order chi connectivity index (χ0) is 16.2. The molecule has 1 aromatic rings. The molecular weight excluding hydrogens is 282 g/mol. The van der Waals surface area contributed by atoms with Crippen molar-refractivity contribution in [2.75, 3.05) is 27.3 Å². The van der Waals surface area contributed by atoms with Crippen LogP contribution in [0.2, 0.25) is 0 Å². The first-order chi connectivity index (χ1) is 10.6. The molecule has 1 heterocycles. The molecule has 2 aliphatic rings. The largest absolute Gasteiger partial charge is 0.396 e. The number of amides is 1. The third-order valence-electron chi connectivity index (χ3n) is 4.56. The van der Waals surface area contributed by atoms with Crippen LogP contribution in [-0.2, 0) is 16.0 Å². The first-order valence-electron chi connectivity index (χ1n) is 7.62. The molecule has 0 spiro atoms. The highest BCUT2D eigenvalue weighted by molar-refractivity contribution is 5.45. The Bertz CT molecular complexity index is 475. The maximum atomic E-state index is 9.52. The Hall–Kier alpha value is -1.43. The standard InChI is InChI=1S/C14H18O3.C3H7NO/c15-8-12-11(6-10-4-2-1-3-5-10)7-13-14(12,9-16)17-13;1-4(2)3-5/h1-5,11-13,15-16H,6-9H2;3H,1-2H3. The first-order valence-corrected chi connectivity index (χ1v) is 7.62. The summed E-state index contributed by atoms with van der Waals surface area (Å²) in [5.41, 5.74) is 0.874. The van der Waals surface area contributed by atoms with Crippen LogP contribution in [0.5, 0.6) is 0 Å². The summed E-state index contributed by atoms with van der Waals surface area (Å²) in [7, 11) is 3.38.